The largest absolute Gasteiger partial charge is 0.495 e. The van der Waals surface area contributed by atoms with Crippen LogP contribution in [0.4, 0.5) is 5.69 Å². The lowest BCUT2D eigenvalue weighted by atomic mass is 10.2. The summed E-state index contributed by atoms with van der Waals surface area (Å²) in [5, 5.41) is 11.8. The first-order valence-corrected chi connectivity index (χ1v) is 7.09. The van der Waals surface area contributed by atoms with Crippen molar-refractivity contribution in [1.82, 2.24) is 10.2 Å². The highest BCUT2D eigenvalue weighted by atomic mass is 35.5. The third-order valence-corrected chi connectivity index (χ3v) is 3.38. The van der Waals surface area contributed by atoms with Crippen LogP contribution < -0.4 is 10.1 Å². The molecule has 6 heteroatoms. The second-order valence-corrected chi connectivity index (χ2v) is 4.98. The van der Waals surface area contributed by atoms with Gasteiger partial charge in [0.2, 0.25) is 11.8 Å². The molecule has 0 spiro atoms. The molecule has 0 radical (unpaired) electrons. The standard InChI is InChI=1S/C16H14ClN3O2/c1-21-14-8-7-12(9-13(14)17)18-10-15-19-20-16(22-15)11-5-3-2-4-6-11/h2-9,18H,10H2,1H3. The molecule has 0 amide bonds. The minimum atomic E-state index is 0.419. The fraction of sp³-hybridized carbons (Fsp3) is 0.125. The van der Waals surface area contributed by atoms with E-state index in [1.54, 1.807) is 19.2 Å². The highest BCUT2D eigenvalue weighted by Gasteiger charge is 2.08. The molecule has 0 atom stereocenters. The van der Waals surface area contributed by atoms with E-state index in [4.69, 9.17) is 20.8 Å². The van der Waals surface area contributed by atoms with E-state index < -0.39 is 0 Å². The van der Waals surface area contributed by atoms with Crippen LogP contribution in [-0.4, -0.2) is 17.3 Å². The normalized spacial score (nSPS) is 10.5. The molecule has 0 saturated heterocycles. The molecule has 1 aromatic heterocycles. The molecule has 0 bridgehead atoms. The molecule has 3 aromatic rings. The van der Waals surface area contributed by atoms with Crippen molar-refractivity contribution in [2.24, 2.45) is 0 Å². The Kier molecular flexibility index (Phi) is 4.25. The van der Waals surface area contributed by atoms with E-state index in [1.165, 1.54) is 0 Å². The SMILES string of the molecule is COc1ccc(NCc2nnc(-c3ccccc3)o2)cc1Cl. The number of hydrogen-bond donors (Lipinski definition) is 1. The minimum absolute atomic E-state index is 0.419. The number of nitrogens with one attached hydrogen (secondary N) is 1. The average Bonchev–Trinajstić information content (AvgIpc) is 3.03. The van der Waals surface area contributed by atoms with Gasteiger partial charge in [-0.15, -0.1) is 10.2 Å². The summed E-state index contributed by atoms with van der Waals surface area (Å²) in [6, 6.07) is 15.1. The first kappa shape index (κ1) is 14.4. The number of hydrogen-bond acceptors (Lipinski definition) is 5. The van der Waals surface area contributed by atoms with Gasteiger partial charge in [-0.3, -0.25) is 0 Å². The van der Waals surface area contributed by atoms with Crippen molar-refractivity contribution in [3.05, 3.63) is 59.4 Å². The molecule has 0 unspecified atom stereocenters. The Hall–Kier alpha value is -2.53. The summed E-state index contributed by atoms with van der Waals surface area (Å²) in [5.74, 6) is 1.65. The third kappa shape index (κ3) is 3.20. The second kappa shape index (κ2) is 6.49. The first-order chi connectivity index (χ1) is 10.8. The van der Waals surface area contributed by atoms with Crippen LogP contribution >= 0.6 is 11.6 Å². The Morgan fingerprint density at radius 2 is 1.95 bits per heavy atom. The average molecular weight is 316 g/mol. The van der Waals surface area contributed by atoms with Crippen molar-refractivity contribution in [1.29, 1.82) is 0 Å². The molecule has 0 aliphatic rings. The molecule has 5 nitrogen and oxygen atoms in total. The van der Waals surface area contributed by atoms with Gasteiger partial charge in [-0.25, -0.2) is 0 Å². The van der Waals surface area contributed by atoms with Crippen LogP contribution in [0.1, 0.15) is 5.89 Å². The second-order valence-electron chi connectivity index (χ2n) is 4.57. The van der Waals surface area contributed by atoms with Crippen molar-refractivity contribution < 1.29 is 9.15 Å². The summed E-state index contributed by atoms with van der Waals surface area (Å²) in [6.07, 6.45) is 0. The number of rotatable bonds is 5. The van der Waals surface area contributed by atoms with Gasteiger partial charge in [0, 0.05) is 11.3 Å². The number of anilines is 1. The van der Waals surface area contributed by atoms with Crippen molar-refractivity contribution >= 4 is 17.3 Å². The summed E-state index contributed by atoms with van der Waals surface area (Å²) in [6.45, 7) is 0.419. The van der Waals surface area contributed by atoms with Crippen LogP contribution in [0.3, 0.4) is 0 Å². The molecular weight excluding hydrogens is 302 g/mol. The molecular formula is C16H14ClN3O2. The number of nitrogens with zero attached hydrogens (tertiary/aromatic N) is 2. The summed E-state index contributed by atoms with van der Waals surface area (Å²) in [7, 11) is 1.58. The summed E-state index contributed by atoms with van der Waals surface area (Å²) in [5.41, 5.74) is 1.75. The maximum atomic E-state index is 6.08. The van der Waals surface area contributed by atoms with Crippen LogP contribution in [0.2, 0.25) is 5.02 Å². The summed E-state index contributed by atoms with van der Waals surface area (Å²) in [4.78, 5) is 0. The zero-order valence-corrected chi connectivity index (χ0v) is 12.7. The van der Waals surface area contributed by atoms with Gasteiger partial charge in [-0.1, -0.05) is 29.8 Å². The van der Waals surface area contributed by atoms with E-state index in [1.807, 2.05) is 36.4 Å². The smallest absolute Gasteiger partial charge is 0.247 e. The van der Waals surface area contributed by atoms with E-state index >= 15 is 0 Å². The van der Waals surface area contributed by atoms with Gasteiger partial charge in [-0.2, -0.15) is 0 Å². The number of halogens is 1. The summed E-state index contributed by atoms with van der Waals surface area (Å²) >= 11 is 6.08. The molecule has 112 valence electrons. The predicted molar refractivity (Wildman–Crippen MR) is 85.1 cm³/mol. The lowest BCUT2D eigenvalue weighted by Gasteiger charge is -2.07. The molecule has 3 rings (SSSR count). The molecule has 1 heterocycles. The number of ether oxygens (including phenoxy) is 1. The highest BCUT2D eigenvalue weighted by Crippen LogP contribution is 2.27. The number of methoxy groups -OCH3 is 1. The molecule has 0 aliphatic heterocycles. The van der Waals surface area contributed by atoms with Crippen LogP contribution in [0.15, 0.2) is 52.9 Å². The van der Waals surface area contributed by atoms with Crippen LogP contribution in [0.5, 0.6) is 5.75 Å². The lowest BCUT2D eigenvalue weighted by molar-refractivity contribution is 0.415. The van der Waals surface area contributed by atoms with E-state index in [-0.39, 0.29) is 0 Å². The Balaban J connectivity index is 1.67. The van der Waals surface area contributed by atoms with E-state index in [0.29, 0.717) is 29.1 Å². The van der Waals surface area contributed by atoms with Crippen LogP contribution in [0.25, 0.3) is 11.5 Å². The van der Waals surface area contributed by atoms with Gasteiger partial charge in [-0.05, 0) is 30.3 Å². The predicted octanol–water partition coefficient (Wildman–Crippen LogP) is 4.01. The topological polar surface area (TPSA) is 60.2 Å². The maximum absolute atomic E-state index is 6.08. The van der Waals surface area contributed by atoms with Crippen LogP contribution in [0, 0.1) is 0 Å². The molecule has 2 aromatic carbocycles. The zero-order valence-electron chi connectivity index (χ0n) is 11.9. The van der Waals surface area contributed by atoms with Crippen molar-refractivity contribution in [2.45, 2.75) is 6.54 Å². The van der Waals surface area contributed by atoms with Gasteiger partial charge in [0.15, 0.2) is 0 Å². The number of benzene rings is 2. The van der Waals surface area contributed by atoms with E-state index in [2.05, 4.69) is 15.5 Å². The third-order valence-electron chi connectivity index (χ3n) is 3.08. The van der Waals surface area contributed by atoms with E-state index in [9.17, 15) is 0 Å². The van der Waals surface area contributed by atoms with Gasteiger partial charge in [0.1, 0.15) is 5.75 Å². The van der Waals surface area contributed by atoms with Crippen LogP contribution in [-0.2, 0) is 6.54 Å². The van der Waals surface area contributed by atoms with Crippen molar-refractivity contribution in [3.8, 4) is 17.2 Å². The quantitative estimate of drug-likeness (QED) is 0.770. The zero-order chi connectivity index (χ0) is 15.4. The van der Waals surface area contributed by atoms with E-state index in [0.717, 1.165) is 11.3 Å². The molecule has 22 heavy (non-hydrogen) atoms. The Morgan fingerprint density at radius 1 is 1.14 bits per heavy atom. The fourth-order valence-corrected chi connectivity index (χ4v) is 2.23. The molecule has 0 saturated carbocycles. The molecule has 0 fully saturated rings. The fourth-order valence-electron chi connectivity index (χ4n) is 1.98. The first-order valence-electron chi connectivity index (χ1n) is 6.71. The summed E-state index contributed by atoms with van der Waals surface area (Å²) < 4.78 is 10.7. The number of aromatic nitrogens is 2. The highest BCUT2D eigenvalue weighted by molar-refractivity contribution is 6.32. The molecule has 1 N–H and O–H groups in total. The Labute approximate surface area is 132 Å². The Bertz CT molecular complexity index is 759. The van der Waals surface area contributed by atoms with Crippen molar-refractivity contribution in [3.63, 3.8) is 0 Å². The van der Waals surface area contributed by atoms with Gasteiger partial charge < -0.3 is 14.5 Å². The minimum Gasteiger partial charge on any atom is -0.495 e. The van der Waals surface area contributed by atoms with Gasteiger partial charge in [0.05, 0.1) is 18.7 Å². The van der Waals surface area contributed by atoms with Gasteiger partial charge in [0.25, 0.3) is 0 Å². The lowest BCUT2D eigenvalue weighted by Crippen LogP contribution is -1.99. The molecule has 0 aliphatic carbocycles. The maximum Gasteiger partial charge on any atom is 0.247 e. The monoisotopic (exact) mass is 315 g/mol. The van der Waals surface area contributed by atoms with Crippen molar-refractivity contribution in [2.75, 3.05) is 12.4 Å². The Morgan fingerprint density at radius 3 is 2.68 bits per heavy atom. The van der Waals surface area contributed by atoms with Gasteiger partial charge >= 0.3 is 0 Å².